The molecule has 1 fully saturated rings. The Bertz CT molecular complexity index is 393. The summed E-state index contributed by atoms with van der Waals surface area (Å²) in [4.78, 5) is 11.9. The molecule has 0 atom stereocenters. The Morgan fingerprint density at radius 3 is 2.69 bits per heavy atom. The van der Waals surface area contributed by atoms with Crippen LogP contribution in [-0.2, 0) is 9.47 Å². The zero-order chi connectivity index (χ0) is 11.6. The Morgan fingerprint density at radius 1 is 1.50 bits per heavy atom. The highest BCUT2D eigenvalue weighted by molar-refractivity contribution is 9.09. The van der Waals surface area contributed by atoms with Gasteiger partial charge >= 0.3 is 5.97 Å². The summed E-state index contributed by atoms with van der Waals surface area (Å²) < 4.78 is 10.6. The third-order valence-corrected chi connectivity index (χ3v) is 3.67. The lowest BCUT2D eigenvalue weighted by Crippen LogP contribution is -2.54. The molecule has 0 aromatic heterocycles. The quantitative estimate of drug-likeness (QED) is 0.631. The molecule has 1 saturated heterocycles. The van der Waals surface area contributed by atoms with Crippen LogP contribution >= 0.6 is 15.9 Å². The van der Waals surface area contributed by atoms with Crippen molar-refractivity contribution in [3.8, 4) is 0 Å². The third-order valence-electron chi connectivity index (χ3n) is 2.65. The summed E-state index contributed by atoms with van der Waals surface area (Å²) >= 11 is 3.35. The van der Waals surface area contributed by atoms with E-state index in [0.29, 0.717) is 24.1 Å². The Kier molecular flexibility index (Phi) is 3.30. The zero-order valence-electron chi connectivity index (χ0n) is 9.03. The van der Waals surface area contributed by atoms with Crippen molar-refractivity contribution in [1.29, 1.82) is 0 Å². The van der Waals surface area contributed by atoms with E-state index in [4.69, 9.17) is 9.47 Å². The Labute approximate surface area is 103 Å². The lowest BCUT2D eigenvalue weighted by atomic mass is 10.0. The standard InChI is InChI=1S/C12H13BrO3/c1-9-4-2-3-5-10(9)11(14)16-12(6-13)7-15-8-12/h2-5H,6-8H2,1H3. The number of aryl methyl sites for hydroxylation is 1. The van der Waals surface area contributed by atoms with E-state index in [1.165, 1.54) is 0 Å². The van der Waals surface area contributed by atoms with Crippen molar-refractivity contribution in [2.45, 2.75) is 12.5 Å². The summed E-state index contributed by atoms with van der Waals surface area (Å²) in [6.45, 7) is 2.83. The largest absolute Gasteiger partial charge is 0.450 e. The molecule has 1 aromatic carbocycles. The maximum Gasteiger partial charge on any atom is 0.339 e. The minimum absolute atomic E-state index is 0.277. The highest BCUT2D eigenvalue weighted by atomic mass is 79.9. The molecule has 86 valence electrons. The number of hydrogen-bond donors (Lipinski definition) is 0. The average Bonchev–Trinajstić information content (AvgIpc) is 2.24. The Morgan fingerprint density at radius 2 is 2.19 bits per heavy atom. The number of alkyl halides is 1. The van der Waals surface area contributed by atoms with Crippen molar-refractivity contribution in [1.82, 2.24) is 0 Å². The van der Waals surface area contributed by atoms with Crippen LogP contribution in [0.2, 0.25) is 0 Å². The fourth-order valence-electron chi connectivity index (χ4n) is 1.55. The molecule has 0 spiro atoms. The summed E-state index contributed by atoms with van der Waals surface area (Å²) in [6, 6.07) is 7.41. The molecule has 1 aromatic rings. The lowest BCUT2D eigenvalue weighted by molar-refractivity contribution is -0.165. The number of rotatable bonds is 3. The Balaban J connectivity index is 2.11. The molecule has 0 N–H and O–H groups in total. The fraction of sp³-hybridized carbons (Fsp3) is 0.417. The van der Waals surface area contributed by atoms with Gasteiger partial charge in [-0.05, 0) is 18.6 Å². The second-order valence-electron chi connectivity index (χ2n) is 4.01. The summed E-state index contributed by atoms with van der Waals surface area (Å²) in [5.41, 5.74) is 1.08. The van der Waals surface area contributed by atoms with E-state index in [9.17, 15) is 4.79 Å². The fourth-order valence-corrected chi connectivity index (χ4v) is 1.98. The topological polar surface area (TPSA) is 35.5 Å². The van der Waals surface area contributed by atoms with Gasteiger partial charge in [-0.1, -0.05) is 34.1 Å². The van der Waals surface area contributed by atoms with Gasteiger partial charge in [-0.3, -0.25) is 0 Å². The van der Waals surface area contributed by atoms with E-state index >= 15 is 0 Å². The van der Waals surface area contributed by atoms with E-state index < -0.39 is 5.60 Å². The molecule has 0 aliphatic carbocycles. The van der Waals surface area contributed by atoms with E-state index in [-0.39, 0.29) is 5.97 Å². The van der Waals surface area contributed by atoms with Crippen molar-refractivity contribution in [3.63, 3.8) is 0 Å². The van der Waals surface area contributed by atoms with E-state index in [1.807, 2.05) is 25.1 Å². The first-order chi connectivity index (χ1) is 7.67. The van der Waals surface area contributed by atoms with Gasteiger partial charge in [0.15, 0.2) is 5.60 Å². The van der Waals surface area contributed by atoms with Crippen LogP contribution in [0, 0.1) is 6.92 Å². The first kappa shape index (κ1) is 11.6. The summed E-state index contributed by atoms with van der Waals surface area (Å²) in [6.07, 6.45) is 0. The molecule has 0 bridgehead atoms. The van der Waals surface area contributed by atoms with Gasteiger partial charge in [0.1, 0.15) is 0 Å². The molecule has 3 nitrogen and oxygen atoms in total. The van der Waals surface area contributed by atoms with Crippen molar-refractivity contribution in [2.75, 3.05) is 18.5 Å². The number of esters is 1. The summed E-state index contributed by atoms with van der Waals surface area (Å²) in [5, 5.41) is 0.609. The van der Waals surface area contributed by atoms with Crippen molar-refractivity contribution >= 4 is 21.9 Å². The molecule has 0 amide bonds. The van der Waals surface area contributed by atoms with E-state index in [1.54, 1.807) is 6.07 Å². The number of hydrogen-bond acceptors (Lipinski definition) is 3. The van der Waals surface area contributed by atoms with E-state index in [2.05, 4.69) is 15.9 Å². The number of ether oxygens (including phenoxy) is 2. The van der Waals surface area contributed by atoms with Crippen LogP contribution in [0.15, 0.2) is 24.3 Å². The first-order valence-electron chi connectivity index (χ1n) is 5.09. The van der Waals surface area contributed by atoms with Crippen molar-refractivity contribution in [2.24, 2.45) is 0 Å². The molecule has 1 heterocycles. The van der Waals surface area contributed by atoms with Gasteiger partial charge in [0.2, 0.25) is 0 Å². The van der Waals surface area contributed by atoms with Gasteiger partial charge < -0.3 is 9.47 Å². The smallest absolute Gasteiger partial charge is 0.339 e. The van der Waals surface area contributed by atoms with Gasteiger partial charge in [-0.25, -0.2) is 4.79 Å². The molecular weight excluding hydrogens is 272 g/mol. The van der Waals surface area contributed by atoms with Crippen molar-refractivity contribution < 1.29 is 14.3 Å². The SMILES string of the molecule is Cc1ccccc1C(=O)OC1(CBr)COC1. The maximum absolute atomic E-state index is 11.9. The third kappa shape index (κ3) is 2.13. The molecule has 16 heavy (non-hydrogen) atoms. The second kappa shape index (κ2) is 4.55. The maximum atomic E-state index is 11.9. The van der Waals surface area contributed by atoms with Gasteiger partial charge in [-0.15, -0.1) is 0 Å². The minimum atomic E-state index is -0.473. The second-order valence-corrected chi connectivity index (χ2v) is 4.57. The van der Waals surface area contributed by atoms with Crippen LogP contribution in [0.5, 0.6) is 0 Å². The van der Waals surface area contributed by atoms with Crippen LogP contribution < -0.4 is 0 Å². The first-order valence-corrected chi connectivity index (χ1v) is 6.22. The summed E-state index contributed by atoms with van der Waals surface area (Å²) in [5.74, 6) is -0.277. The lowest BCUT2D eigenvalue weighted by Gasteiger charge is -2.39. The van der Waals surface area contributed by atoms with Crippen LogP contribution in [0.4, 0.5) is 0 Å². The number of carbonyl (C=O) groups is 1. The predicted molar refractivity (Wildman–Crippen MR) is 63.9 cm³/mol. The average molecular weight is 285 g/mol. The highest BCUT2D eigenvalue weighted by Crippen LogP contribution is 2.26. The monoisotopic (exact) mass is 284 g/mol. The molecule has 0 unspecified atom stereocenters. The van der Waals surface area contributed by atoms with Gasteiger partial charge in [0.25, 0.3) is 0 Å². The Hall–Kier alpha value is -0.870. The van der Waals surface area contributed by atoms with Gasteiger partial charge in [-0.2, -0.15) is 0 Å². The van der Waals surface area contributed by atoms with Crippen molar-refractivity contribution in [3.05, 3.63) is 35.4 Å². The zero-order valence-corrected chi connectivity index (χ0v) is 10.6. The highest BCUT2D eigenvalue weighted by Gasteiger charge is 2.42. The minimum Gasteiger partial charge on any atom is -0.450 e. The molecule has 0 radical (unpaired) electrons. The molecule has 1 aliphatic heterocycles. The molecule has 2 rings (SSSR count). The summed E-state index contributed by atoms with van der Waals surface area (Å²) in [7, 11) is 0. The molecule has 0 saturated carbocycles. The van der Waals surface area contributed by atoms with Crippen LogP contribution in [0.1, 0.15) is 15.9 Å². The van der Waals surface area contributed by atoms with Crippen LogP contribution in [0.3, 0.4) is 0 Å². The molecule has 1 aliphatic rings. The van der Waals surface area contributed by atoms with E-state index in [0.717, 1.165) is 5.56 Å². The number of benzene rings is 1. The predicted octanol–water partition coefficient (Wildman–Crippen LogP) is 2.32. The molecule has 4 heteroatoms. The van der Waals surface area contributed by atoms with Crippen LogP contribution in [0.25, 0.3) is 0 Å². The molecular formula is C12H13BrO3. The number of carbonyl (C=O) groups excluding carboxylic acids is 1. The van der Waals surface area contributed by atoms with Gasteiger partial charge in [0.05, 0.1) is 18.8 Å². The number of halogens is 1. The van der Waals surface area contributed by atoms with Gasteiger partial charge in [0, 0.05) is 5.33 Å². The normalized spacial score (nSPS) is 17.6. The van der Waals surface area contributed by atoms with Crippen LogP contribution in [-0.4, -0.2) is 30.1 Å².